The molecule has 4 heteroatoms. The minimum atomic E-state index is -0.359. The molecule has 0 aliphatic carbocycles. The second-order valence-electron chi connectivity index (χ2n) is 3.55. The number of hydrogen-bond acceptors (Lipinski definition) is 3. The second kappa shape index (κ2) is 5.69. The summed E-state index contributed by atoms with van der Waals surface area (Å²) in [5.74, 6) is 1.03. The first-order chi connectivity index (χ1) is 8.70. The molecular weight excluding hydrogens is 296 g/mol. The van der Waals surface area contributed by atoms with Crippen LogP contribution in [-0.2, 0) is 4.74 Å². The molecule has 2 aromatic rings. The number of ether oxygens (including phenoxy) is 2. The highest BCUT2D eigenvalue weighted by Gasteiger charge is 2.06. The van der Waals surface area contributed by atoms with Crippen molar-refractivity contribution in [1.82, 2.24) is 0 Å². The molecule has 0 saturated carbocycles. The van der Waals surface area contributed by atoms with Crippen LogP contribution >= 0.6 is 15.9 Å². The first-order valence-corrected chi connectivity index (χ1v) is 6.11. The molecule has 0 atom stereocenters. The molecule has 0 heterocycles. The van der Waals surface area contributed by atoms with E-state index < -0.39 is 0 Å². The van der Waals surface area contributed by atoms with Gasteiger partial charge in [-0.25, -0.2) is 4.79 Å². The first kappa shape index (κ1) is 12.6. The SMILES string of the molecule is COC(=O)c1ccc(Oc2ccccc2Br)cc1. The molecule has 2 aromatic carbocycles. The molecule has 0 radical (unpaired) electrons. The van der Waals surface area contributed by atoms with Gasteiger partial charge in [0.2, 0.25) is 0 Å². The number of carbonyl (C=O) groups excluding carboxylic acids is 1. The van der Waals surface area contributed by atoms with Gasteiger partial charge in [0.05, 0.1) is 17.1 Å². The number of hydrogen-bond donors (Lipinski definition) is 0. The topological polar surface area (TPSA) is 35.5 Å². The van der Waals surface area contributed by atoms with Crippen molar-refractivity contribution in [2.75, 3.05) is 7.11 Å². The first-order valence-electron chi connectivity index (χ1n) is 5.31. The van der Waals surface area contributed by atoms with E-state index in [1.807, 2.05) is 24.3 Å². The molecule has 0 spiro atoms. The molecule has 18 heavy (non-hydrogen) atoms. The van der Waals surface area contributed by atoms with Gasteiger partial charge in [0.25, 0.3) is 0 Å². The minimum absolute atomic E-state index is 0.359. The van der Waals surface area contributed by atoms with E-state index >= 15 is 0 Å². The number of rotatable bonds is 3. The molecule has 0 fully saturated rings. The lowest BCUT2D eigenvalue weighted by molar-refractivity contribution is 0.0600. The number of esters is 1. The van der Waals surface area contributed by atoms with Crippen LogP contribution in [0, 0.1) is 0 Å². The van der Waals surface area contributed by atoms with Crippen LogP contribution in [0.1, 0.15) is 10.4 Å². The molecule has 92 valence electrons. The van der Waals surface area contributed by atoms with E-state index in [9.17, 15) is 4.79 Å². The van der Waals surface area contributed by atoms with Crippen molar-refractivity contribution in [1.29, 1.82) is 0 Å². The maximum atomic E-state index is 11.3. The van der Waals surface area contributed by atoms with E-state index in [1.54, 1.807) is 24.3 Å². The second-order valence-corrected chi connectivity index (χ2v) is 4.40. The van der Waals surface area contributed by atoms with Gasteiger partial charge in [-0.3, -0.25) is 0 Å². The zero-order valence-electron chi connectivity index (χ0n) is 9.72. The fourth-order valence-corrected chi connectivity index (χ4v) is 1.80. The number of halogens is 1. The van der Waals surface area contributed by atoms with Crippen molar-refractivity contribution in [3.05, 3.63) is 58.6 Å². The zero-order valence-corrected chi connectivity index (χ0v) is 11.3. The third-order valence-corrected chi connectivity index (χ3v) is 2.99. The van der Waals surface area contributed by atoms with Crippen LogP contribution in [0.5, 0.6) is 11.5 Å². The Morgan fingerprint density at radius 1 is 1.06 bits per heavy atom. The van der Waals surface area contributed by atoms with E-state index in [1.165, 1.54) is 7.11 Å². The van der Waals surface area contributed by atoms with Gasteiger partial charge in [-0.05, 0) is 52.3 Å². The molecule has 0 amide bonds. The zero-order chi connectivity index (χ0) is 13.0. The van der Waals surface area contributed by atoms with Crippen LogP contribution in [0.25, 0.3) is 0 Å². The lowest BCUT2D eigenvalue weighted by Crippen LogP contribution is -2.00. The predicted octanol–water partition coefficient (Wildman–Crippen LogP) is 4.03. The summed E-state index contributed by atoms with van der Waals surface area (Å²) in [5.41, 5.74) is 0.497. The van der Waals surface area contributed by atoms with Crippen LogP contribution in [0.4, 0.5) is 0 Å². The Morgan fingerprint density at radius 3 is 2.33 bits per heavy atom. The Labute approximate surface area is 113 Å². The molecule has 0 bridgehead atoms. The molecule has 3 nitrogen and oxygen atoms in total. The van der Waals surface area contributed by atoms with Crippen molar-refractivity contribution in [3.63, 3.8) is 0 Å². The van der Waals surface area contributed by atoms with Gasteiger partial charge < -0.3 is 9.47 Å². The van der Waals surface area contributed by atoms with Crippen molar-refractivity contribution in [3.8, 4) is 11.5 Å². The highest BCUT2D eigenvalue weighted by atomic mass is 79.9. The van der Waals surface area contributed by atoms with Crippen LogP contribution in [0.15, 0.2) is 53.0 Å². The molecule has 0 aromatic heterocycles. The molecule has 0 N–H and O–H groups in total. The van der Waals surface area contributed by atoms with Crippen LogP contribution in [-0.4, -0.2) is 13.1 Å². The van der Waals surface area contributed by atoms with Gasteiger partial charge in [0.1, 0.15) is 11.5 Å². The van der Waals surface area contributed by atoms with Crippen molar-refractivity contribution >= 4 is 21.9 Å². The molecule has 0 aliphatic heterocycles. The smallest absolute Gasteiger partial charge is 0.337 e. The number of benzene rings is 2. The van der Waals surface area contributed by atoms with Gasteiger partial charge in [0.15, 0.2) is 0 Å². The summed E-state index contributed by atoms with van der Waals surface area (Å²) < 4.78 is 11.2. The normalized spacial score (nSPS) is 9.89. The highest BCUT2D eigenvalue weighted by molar-refractivity contribution is 9.10. The van der Waals surface area contributed by atoms with Crippen molar-refractivity contribution in [2.45, 2.75) is 0 Å². The summed E-state index contributed by atoms with van der Waals surface area (Å²) in [7, 11) is 1.35. The maximum Gasteiger partial charge on any atom is 0.337 e. The van der Waals surface area contributed by atoms with Crippen molar-refractivity contribution in [2.24, 2.45) is 0 Å². The average Bonchev–Trinajstić information content (AvgIpc) is 2.41. The fourth-order valence-electron chi connectivity index (χ4n) is 1.43. The summed E-state index contributed by atoms with van der Waals surface area (Å²) >= 11 is 3.40. The Kier molecular flexibility index (Phi) is 3.99. The quantitative estimate of drug-likeness (QED) is 0.803. The van der Waals surface area contributed by atoms with Gasteiger partial charge in [-0.1, -0.05) is 12.1 Å². The van der Waals surface area contributed by atoms with E-state index in [2.05, 4.69) is 20.7 Å². The third kappa shape index (κ3) is 2.90. The van der Waals surface area contributed by atoms with Gasteiger partial charge in [-0.2, -0.15) is 0 Å². The van der Waals surface area contributed by atoms with Crippen molar-refractivity contribution < 1.29 is 14.3 Å². The molecular formula is C14H11BrO3. The molecule has 0 saturated heterocycles. The average molecular weight is 307 g/mol. The van der Waals surface area contributed by atoms with Crippen LogP contribution < -0.4 is 4.74 Å². The van der Waals surface area contributed by atoms with E-state index in [-0.39, 0.29) is 5.97 Å². The number of para-hydroxylation sites is 1. The Balaban J connectivity index is 2.16. The lowest BCUT2D eigenvalue weighted by atomic mass is 10.2. The fraction of sp³-hybridized carbons (Fsp3) is 0.0714. The lowest BCUT2D eigenvalue weighted by Gasteiger charge is -2.07. The number of carbonyl (C=O) groups is 1. The monoisotopic (exact) mass is 306 g/mol. The largest absolute Gasteiger partial charge is 0.465 e. The molecule has 2 rings (SSSR count). The Morgan fingerprint density at radius 2 is 1.72 bits per heavy atom. The Bertz CT molecular complexity index is 549. The van der Waals surface area contributed by atoms with Gasteiger partial charge >= 0.3 is 5.97 Å². The van der Waals surface area contributed by atoms with Crippen LogP contribution in [0.3, 0.4) is 0 Å². The molecule has 0 aliphatic rings. The third-order valence-electron chi connectivity index (χ3n) is 2.34. The summed E-state index contributed by atoms with van der Waals surface area (Å²) in [6.45, 7) is 0. The summed E-state index contributed by atoms with van der Waals surface area (Å²) in [6.07, 6.45) is 0. The van der Waals surface area contributed by atoms with Gasteiger partial charge in [0, 0.05) is 0 Å². The minimum Gasteiger partial charge on any atom is -0.465 e. The van der Waals surface area contributed by atoms with Gasteiger partial charge in [-0.15, -0.1) is 0 Å². The summed E-state index contributed by atoms with van der Waals surface area (Å²) in [5, 5.41) is 0. The highest BCUT2D eigenvalue weighted by Crippen LogP contribution is 2.29. The Hall–Kier alpha value is -1.81. The van der Waals surface area contributed by atoms with Crippen LogP contribution in [0.2, 0.25) is 0 Å². The molecule has 0 unspecified atom stereocenters. The summed E-state index contributed by atoms with van der Waals surface area (Å²) in [6, 6.07) is 14.4. The van der Waals surface area contributed by atoms with E-state index in [4.69, 9.17) is 4.74 Å². The van der Waals surface area contributed by atoms with E-state index in [0.29, 0.717) is 11.3 Å². The maximum absolute atomic E-state index is 11.3. The summed E-state index contributed by atoms with van der Waals surface area (Å²) in [4.78, 5) is 11.3. The number of methoxy groups -OCH3 is 1. The van der Waals surface area contributed by atoms with E-state index in [0.717, 1.165) is 10.2 Å². The predicted molar refractivity (Wildman–Crippen MR) is 72.0 cm³/mol. The standard InChI is InChI=1S/C14H11BrO3/c1-17-14(16)10-6-8-11(9-7-10)18-13-5-3-2-4-12(13)15/h2-9H,1H3.